The Hall–Kier alpha value is -1.06. The van der Waals surface area contributed by atoms with Crippen molar-refractivity contribution in [3.05, 3.63) is 34.1 Å². The molecule has 3 nitrogen and oxygen atoms in total. The molecule has 15 heavy (non-hydrogen) atoms. The molecule has 1 aromatic heterocycles. The number of carbonyl (C=O) groups excluding carboxylic acids is 1. The molecule has 0 atom stereocenters. The molecule has 1 heterocycles. The molecule has 1 rings (SSSR count). The zero-order valence-corrected chi connectivity index (χ0v) is 9.55. The summed E-state index contributed by atoms with van der Waals surface area (Å²) >= 11 is 11.5. The maximum absolute atomic E-state index is 11.0. The van der Waals surface area contributed by atoms with Crippen LogP contribution in [0.15, 0.2) is 18.3 Å². The molecule has 0 unspecified atom stereocenters. The lowest BCUT2D eigenvalue weighted by atomic mass is 10.2. The Morgan fingerprint density at radius 2 is 2.33 bits per heavy atom. The molecular formula is C10H9Cl2NO2. The van der Waals surface area contributed by atoms with Crippen molar-refractivity contribution >= 4 is 35.2 Å². The van der Waals surface area contributed by atoms with Gasteiger partial charge in [0.05, 0.1) is 11.6 Å². The minimum absolute atomic E-state index is 0.313. The van der Waals surface area contributed by atoms with Gasteiger partial charge in [-0.25, -0.2) is 9.78 Å². The number of esters is 1. The van der Waals surface area contributed by atoms with Gasteiger partial charge in [-0.15, -0.1) is 0 Å². The Kier molecular flexibility index (Phi) is 4.59. The predicted octanol–water partition coefficient (Wildman–Crippen LogP) is 2.96. The van der Waals surface area contributed by atoms with Crippen molar-refractivity contribution in [2.24, 2.45) is 0 Å². The van der Waals surface area contributed by atoms with Crippen molar-refractivity contribution in [1.29, 1.82) is 0 Å². The summed E-state index contributed by atoms with van der Waals surface area (Å²) in [7, 11) is 0. The van der Waals surface area contributed by atoms with Crippen LogP contribution < -0.4 is 0 Å². The summed E-state index contributed by atoms with van der Waals surface area (Å²) in [5.74, 6) is -0.413. The third-order valence-electron chi connectivity index (χ3n) is 1.53. The molecule has 0 fully saturated rings. The summed E-state index contributed by atoms with van der Waals surface area (Å²) < 4.78 is 4.71. The van der Waals surface area contributed by atoms with Gasteiger partial charge >= 0.3 is 5.97 Å². The average Bonchev–Trinajstić information content (AvgIpc) is 2.17. The van der Waals surface area contributed by atoms with Crippen LogP contribution in [-0.2, 0) is 9.53 Å². The lowest BCUT2D eigenvalue weighted by Crippen LogP contribution is -1.98. The van der Waals surface area contributed by atoms with Crippen molar-refractivity contribution in [3.8, 4) is 0 Å². The topological polar surface area (TPSA) is 39.2 Å². The van der Waals surface area contributed by atoms with Gasteiger partial charge in [-0.3, -0.25) is 0 Å². The third kappa shape index (κ3) is 3.90. The van der Waals surface area contributed by atoms with Crippen LogP contribution in [0, 0.1) is 0 Å². The van der Waals surface area contributed by atoms with Crippen LogP contribution in [0.5, 0.6) is 0 Å². The Bertz CT molecular complexity index is 391. The molecule has 0 aliphatic carbocycles. The summed E-state index contributed by atoms with van der Waals surface area (Å²) in [4.78, 5) is 14.8. The Labute approximate surface area is 97.7 Å². The van der Waals surface area contributed by atoms with Crippen molar-refractivity contribution < 1.29 is 9.53 Å². The standard InChI is InChI=1S/C10H9Cl2NO2/c1-2-15-10(14)4-3-7-6-13-9(12)5-8(7)11/h3-6H,2H2,1H3/b4-3+. The summed E-state index contributed by atoms with van der Waals surface area (Å²) in [6.07, 6.45) is 4.31. The number of rotatable bonds is 3. The molecule has 1 aromatic rings. The lowest BCUT2D eigenvalue weighted by molar-refractivity contribution is -0.137. The number of hydrogen-bond donors (Lipinski definition) is 0. The maximum Gasteiger partial charge on any atom is 0.330 e. The number of hydrogen-bond acceptors (Lipinski definition) is 3. The second-order valence-corrected chi connectivity index (χ2v) is 3.41. The Morgan fingerprint density at radius 3 is 2.93 bits per heavy atom. The summed E-state index contributed by atoms with van der Waals surface area (Å²) in [5, 5.41) is 0.754. The van der Waals surface area contributed by atoms with E-state index in [0.717, 1.165) is 0 Å². The van der Waals surface area contributed by atoms with Crippen LogP contribution >= 0.6 is 23.2 Å². The fourth-order valence-corrected chi connectivity index (χ4v) is 1.32. The van der Waals surface area contributed by atoms with Gasteiger partial charge in [0.25, 0.3) is 0 Å². The smallest absolute Gasteiger partial charge is 0.330 e. The van der Waals surface area contributed by atoms with Crippen molar-refractivity contribution in [1.82, 2.24) is 4.98 Å². The molecule has 0 saturated carbocycles. The van der Waals surface area contributed by atoms with Crippen LogP contribution in [0.1, 0.15) is 12.5 Å². The van der Waals surface area contributed by atoms with Crippen LogP contribution in [-0.4, -0.2) is 17.6 Å². The van der Waals surface area contributed by atoms with E-state index in [0.29, 0.717) is 22.3 Å². The van der Waals surface area contributed by atoms with Gasteiger partial charge in [0.1, 0.15) is 5.15 Å². The lowest BCUT2D eigenvalue weighted by Gasteiger charge is -1.98. The van der Waals surface area contributed by atoms with Gasteiger partial charge in [-0.1, -0.05) is 23.2 Å². The summed E-state index contributed by atoms with van der Waals surface area (Å²) in [6, 6.07) is 1.51. The number of nitrogens with zero attached hydrogens (tertiary/aromatic N) is 1. The number of aromatic nitrogens is 1. The molecule has 0 aromatic carbocycles. The van der Waals surface area contributed by atoms with Crippen LogP contribution in [0.2, 0.25) is 10.2 Å². The molecule has 0 aliphatic heterocycles. The average molecular weight is 246 g/mol. The molecule has 0 saturated heterocycles. The van der Waals surface area contributed by atoms with E-state index in [4.69, 9.17) is 27.9 Å². The first-order valence-corrected chi connectivity index (χ1v) is 5.05. The first-order valence-electron chi connectivity index (χ1n) is 4.29. The van der Waals surface area contributed by atoms with Gasteiger partial charge in [-0.2, -0.15) is 0 Å². The fraction of sp³-hybridized carbons (Fsp3) is 0.200. The van der Waals surface area contributed by atoms with E-state index in [-0.39, 0.29) is 0 Å². The third-order valence-corrected chi connectivity index (χ3v) is 2.07. The Balaban J connectivity index is 2.76. The second-order valence-electron chi connectivity index (χ2n) is 2.61. The van der Waals surface area contributed by atoms with E-state index < -0.39 is 5.97 Å². The predicted molar refractivity (Wildman–Crippen MR) is 59.9 cm³/mol. The molecule has 0 radical (unpaired) electrons. The van der Waals surface area contributed by atoms with E-state index in [1.165, 1.54) is 24.4 Å². The molecule has 0 amide bonds. The first kappa shape index (κ1) is 12.0. The minimum Gasteiger partial charge on any atom is -0.463 e. The largest absolute Gasteiger partial charge is 0.463 e. The molecular weight excluding hydrogens is 237 g/mol. The molecule has 0 N–H and O–H groups in total. The fourth-order valence-electron chi connectivity index (χ4n) is 0.889. The minimum atomic E-state index is -0.413. The van der Waals surface area contributed by atoms with Gasteiger partial charge in [0.2, 0.25) is 0 Å². The van der Waals surface area contributed by atoms with Gasteiger partial charge in [0, 0.05) is 17.8 Å². The van der Waals surface area contributed by atoms with E-state index in [2.05, 4.69) is 4.98 Å². The summed E-state index contributed by atoms with van der Waals surface area (Å²) in [6.45, 7) is 2.08. The van der Waals surface area contributed by atoms with Gasteiger partial charge in [-0.05, 0) is 19.1 Å². The van der Waals surface area contributed by atoms with Crippen molar-refractivity contribution in [3.63, 3.8) is 0 Å². The number of ether oxygens (including phenoxy) is 1. The SMILES string of the molecule is CCOC(=O)/C=C/c1cnc(Cl)cc1Cl. The molecule has 0 aliphatic rings. The van der Waals surface area contributed by atoms with Crippen LogP contribution in [0.3, 0.4) is 0 Å². The molecule has 5 heteroatoms. The zero-order chi connectivity index (χ0) is 11.3. The monoisotopic (exact) mass is 245 g/mol. The maximum atomic E-state index is 11.0. The van der Waals surface area contributed by atoms with Crippen LogP contribution in [0.4, 0.5) is 0 Å². The van der Waals surface area contributed by atoms with Gasteiger partial charge in [0.15, 0.2) is 0 Å². The van der Waals surface area contributed by atoms with Crippen LogP contribution in [0.25, 0.3) is 6.08 Å². The van der Waals surface area contributed by atoms with E-state index in [9.17, 15) is 4.79 Å². The normalized spacial score (nSPS) is 10.6. The number of carbonyl (C=O) groups is 1. The highest BCUT2D eigenvalue weighted by Crippen LogP contribution is 2.19. The molecule has 0 bridgehead atoms. The number of halogens is 2. The zero-order valence-electron chi connectivity index (χ0n) is 8.04. The first-order chi connectivity index (χ1) is 7.13. The molecule has 0 spiro atoms. The second kappa shape index (κ2) is 5.73. The number of pyridine rings is 1. The Morgan fingerprint density at radius 1 is 1.60 bits per heavy atom. The quantitative estimate of drug-likeness (QED) is 0.467. The van der Waals surface area contributed by atoms with Crippen molar-refractivity contribution in [2.75, 3.05) is 6.61 Å². The van der Waals surface area contributed by atoms with E-state index in [1.54, 1.807) is 6.92 Å². The highest BCUT2D eigenvalue weighted by molar-refractivity contribution is 6.34. The molecule has 80 valence electrons. The van der Waals surface area contributed by atoms with Crippen molar-refractivity contribution in [2.45, 2.75) is 6.92 Å². The highest BCUT2D eigenvalue weighted by Gasteiger charge is 2.00. The van der Waals surface area contributed by atoms with E-state index in [1.807, 2.05) is 0 Å². The van der Waals surface area contributed by atoms with E-state index >= 15 is 0 Å². The highest BCUT2D eigenvalue weighted by atomic mass is 35.5. The van der Waals surface area contributed by atoms with Gasteiger partial charge < -0.3 is 4.74 Å². The summed E-state index contributed by atoms with van der Waals surface area (Å²) in [5.41, 5.74) is 0.620.